The normalized spacial score (nSPS) is 10.5. The highest BCUT2D eigenvalue weighted by atomic mass is 35.5. The fraction of sp³-hybridized carbons (Fsp3) is 0.143. The van der Waals surface area contributed by atoms with Gasteiger partial charge in [0.1, 0.15) is 0 Å². The predicted molar refractivity (Wildman–Crippen MR) is 70.7 cm³/mol. The van der Waals surface area contributed by atoms with Crippen LogP contribution in [0.3, 0.4) is 0 Å². The Morgan fingerprint density at radius 2 is 1.47 bits per heavy atom. The smallest absolute Gasteiger partial charge is 0.0572 e. The summed E-state index contributed by atoms with van der Waals surface area (Å²) in [5.41, 5.74) is 6.35. The van der Waals surface area contributed by atoms with Crippen LogP contribution < -0.4 is 5.48 Å². The first-order valence-electron chi connectivity index (χ1n) is 5.40. The Labute approximate surface area is 106 Å². The van der Waals surface area contributed by atoms with Crippen molar-refractivity contribution in [3.63, 3.8) is 0 Å². The van der Waals surface area contributed by atoms with Crippen LogP contribution in [0.2, 0.25) is 5.02 Å². The predicted octanol–water partition coefficient (Wildman–Crippen LogP) is 3.66. The lowest BCUT2D eigenvalue weighted by molar-refractivity contribution is 0.0867. The minimum absolute atomic E-state index is 0.706. The molecule has 0 aliphatic heterocycles. The van der Waals surface area contributed by atoms with Crippen LogP contribution in [0.1, 0.15) is 5.56 Å². The number of hydrogen-bond acceptors (Lipinski definition) is 2. The van der Waals surface area contributed by atoms with Gasteiger partial charge in [-0.25, -0.2) is 0 Å². The molecule has 3 heteroatoms. The highest BCUT2D eigenvalue weighted by Gasteiger charge is 1.98. The van der Waals surface area contributed by atoms with E-state index in [9.17, 15) is 0 Å². The molecule has 0 aliphatic carbocycles. The molecule has 0 saturated heterocycles. The molecule has 2 rings (SSSR count). The zero-order valence-corrected chi connectivity index (χ0v) is 10.4. The summed E-state index contributed by atoms with van der Waals surface area (Å²) < 4.78 is 0. The summed E-state index contributed by atoms with van der Waals surface area (Å²) >= 11 is 5.86. The zero-order valence-electron chi connectivity index (χ0n) is 9.61. The topological polar surface area (TPSA) is 21.3 Å². The largest absolute Gasteiger partial charge is 0.305 e. The molecule has 0 radical (unpaired) electrons. The van der Waals surface area contributed by atoms with Gasteiger partial charge in [-0.2, -0.15) is 5.48 Å². The Kier molecular flexibility index (Phi) is 4.15. The molecule has 0 heterocycles. The molecule has 0 spiro atoms. The molecule has 1 N–H and O–H groups in total. The van der Waals surface area contributed by atoms with Crippen LogP contribution in [-0.2, 0) is 11.4 Å². The average molecular weight is 248 g/mol. The van der Waals surface area contributed by atoms with Gasteiger partial charge in [-0.05, 0) is 28.8 Å². The summed E-state index contributed by atoms with van der Waals surface area (Å²) in [4.78, 5) is 4.81. The van der Waals surface area contributed by atoms with Gasteiger partial charge in [-0.1, -0.05) is 48.0 Å². The molecule has 17 heavy (non-hydrogen) atoms. The van der Waals surface area contributed by atoms with Gasteiger partial charge in [-0.15, -0.1) is 0 Å². The third-order valence-corrected chi connectivity index (χ3v) is 2.80. The third-order valence-electron chi connectivity index (χ3n) is 2.55. The van der Waals surface area contributed by atoms with E-state index in [2.05, 4.69) is 29.7 Å². The molecule has 0 unspecified atom stereocenters. The monoisotopic (exact) mass is 247 g/mol. The lowest BCUT2D eigenvalue weighted by Crippen LogP contribution is -2.10. The van der Waals surface area contributed by atoms with Crippen molar-refractivity contribution in [3.8, 4) is 11.1 Å². The van der Waals surface area contributed by atoms with Crippen LogP contribution in [0.5, 0.6) is 0 Å². The lowest BCUT2D eigenvalue weighted by Gasteiger charge is -2.05. The van der Waals surface area contributed by atoms with Gasteiger partial charge in [0.2, 0.25) is 0 Å². The van der Waals surface area contributed by atoms with Crippen molar-refractivity contribution in [1.82, 2.24) is 5.48 Å². The molecule has 0 amide bonds. The highest BCUT2D eigenvalue weighted by molar-refractivity contribution is 6.30. The van der Waals surface area contributed by atoms with E-state index in [1.54, 1.807) is 7.11 Å². The van der Waals surface area contributed by atoms with Crippen LogP contribution >= 0.6 is 11.6 Å². The van der Waals surface area contributed by atoms with Crippen LogP contribution in [0.25, 0.3) is 11.1 Å². The van der Waals surface area contributed by atoms with E-state index in [0.29, 0.717) is 6.54 Å². The van der Waals surface area contributed by atoms with Crippen LogP contribution in [0, 0.1) is 0 Å². The minimum Gasteiger partial charge on any atom is -0.305 e. The quantitative estimate of drug-likeness (QED) is 0.833. The Balaban J connectivity index is 2.14. The Morgan fingerprint density at radius 1 is 0.941 bits per heavy atom. The van der Waals surface area contributed by atoms with Crippen LogP contribution in [0.15, 0.2) is 48.5 Å². The standard InChI is InChI=1S/C14H14ClNO/c1-17-16-10-11-2-4-12(5-3-11)13-6-8-14(15)9-7-13/h2-9,16H,10H2,1H3. The first-order valence-corrected chi connectivity index (χ1v) is 5.78. The molecular formula is C14H14ClNO. The van der Waals surface area contributed by atoms with Crippen molar-refractivity contribution < 1.29 is 4.84 Å². The maximum atomic E-state index is 5.86. The molecule has 2 aromatic carbocycles. The Morgan fingerprint density at radius 3 is 2.00 bits per heavy atom. The number of halogens is 1. The molecule has 88 valence electrons. The first kappa shape index (κ1) is 12.1. The van der Waals surface area contributed by atoms with Gasteiger partial charge in [0.05, 0.1) is 7.11 Å². The number of nitrogens with one attached hydrogen (secondary N) is 1. The first-order chi connectivity index (χ1) is 8.29. The fourth-order valence-electron chi connectivity index (χ4n) is 1.61. The summed E-state index contributed by atoms with van der Waals surface area (Å²) in [5, 5.41) is 0.759. The van der Waals surface area contributed by atoms with Crippen molar-refractivity contribution in [3.05, 3.63) is 59.1 Å². The van der Waals surface area contributed by atoms with E-state index < -0.39 is 0 Å². The third kappa shape index (κ3) is 3.30. The summed E-state index contributed by atoms with van der Waals surface area (Å²) in [6, 6.07) is 16.2. The highest BCUT2D eigenvalue weighted by Crippen LogP contribution is 2.21. The second kappa shape index (κ2) is 5.82. The summed E-state index contributed by atoms with van der Waals surface area (Å²) in [6.07, 6.45) is 0. The molecule has 0 fully saturated rings. The molecule has 0 aliphatic rings. The van der Waals surface area contributed by atoms with Gasteiger partial charge < -0.3 is 4.84 Å². The van der Waals surface area contributed by atoms with E-state index in [4.69, 9.17) is 16.4 Å². The molecule has 0 bridgehead atoms. The van der Waals surface area contributed by atoms with Gasteiger partial charge in [0, 0.05) is 11.6 Å². The van der Waals surface area contributed by atoms with Gasteiger partial charge >= 0.3 is 0 Å². The molecule has 0 saturated carbocycles. The number of hydrogen-bond donors (Lipinski definition) is 1. The Bertz CT molecular complexity index is 465. The van der Waals surface area contributed by atoms with Crippen molar-refractivity contribution in [2.45, 2.75) is 6.54 Å². The van der Waals surface area contributed by atoms with Crippen LogP contribution in [-0.4, -0.2) is 7.11 Å². The van der Waals surface area contributed by atoms with E-state index in [1.165, 1.54) is 16.7 Å². The average Bonchev–Trinajstić information content (AvgIpc) is 2.38. The minimum atomic E-state index is 0.706. The second-order valence-electron chi connectivity index (χ2n) is 3.73. The summed E-state index contributed by atoms with van der Waals surface area (Å²) in [7, 11) is 1.61. The Hall–Kier alpha value is -1.35. The van der Waals surface area contributed by atoms with Gasteiger partial charge in [0.15, 0.2) is 0 Å². The summed E-state index contributed by atoms with van der Waals surface area (Å²) in [6.45, 7) is 0.706. The number of benzene rings is 2. The molecule has 0 aromatic heterocycles. The SMILES string of the molecule is CONCc1ccc(-c2ccc(Cl)cc2)cc1. The van der Waals surface area contributed by atoms with E-state index in [1.807, 2.05) is 24.3 Å². The van der Waals surface area contributed by atoms with Crippen molar-refractivity contribution in [2.75, 3.05) is 7.11 Å². The van der Waals surface area contributed by atoms with E-state index in [0.717, 1.165) is 5.02 Å². The van der Waals surface area contributed by atoms with Gasteiger partial charge in [-0.3, -0.25) is 0 Å². The van der Waals surface area contributed by atoms with Crippen molar-refractivity contribution in [2.24, 2.45) is 0 Å². The fourth-order valence-corrected chi connectivity index (χ4v) is 1.74. The van der Waals surface area contributed by atoms with E-state index in [-0.39, 0.29) is 0 Å². The van der Waals surface area contributed by atoms with Crippen molar-refractivity contribution in [1.29, 1.82) is 0 Å². The van der Waals surface area contributed by atoms with Crippen LogP contribution in [0.4, 0.5) is 0 Å². The number of rotatable bonds is 4. The molecule has 0 atom stereocenters. The number of hydroxylamine groups is 1. The van der Waals surface area contributed by atoms with E-state index >= 15 is 0 Å². The second-order valence-corrected chi connectivity index (χ2v) is 4.17. The maximum Gasteiger partial charge on any atom is 0.0572 e. The lowest BCUT2D eigenvalue weighted by atomic mass is 10.0. The molecule has 2 nitrogen and oxygen atoms in total. The van der Waals surface area contributed by atoms with Gasteiger partial charge in [0.25, 0.3) is 0 Å². The molecule has 2 aromatic rings. The molecular weight excluding hydrogens is 234 g/mol. The maximum absolute atomic E-state index is 5.86. The summed E-state index contributed by atoms with van der Waals surface area (Å²) in [5.74, 6) is 0. The van der Waals surface area contributed by atoms with Crippen molar-refractivity contribution >= 4 is 11.6 Å². The zero-order chi connectivity index (χ0) is 12.1.